The van der Waals surface area contributed by atoms with Crippen LogP contribution in [0.3, 0.4) is 0 Å². The summed E-state index contributed by atoms with van der Waals surface area (Å²) >= 11 is 0. The Hall–Kier alpha value is -3.72. The topological polar surface area (TPSA) is 112 Å². The number of para-hydroxylation sites is 2. The Morgan fingerprint density at radius 3 is 2.35 bits per heavy atom. The van der Waals surface area contributed by atoms with Crippen molar-refractivity contribution < 1.29 is 4.79 Å². The second-order valence-electron chi connectivity index (χ2n) is 8.52. The second kappa shape index (κ2) is 10.5. The monoisotopic (exact) mass is 462 g/mol. The SMILES string of the molecule is CNc1nn(NC)c(NC)c1CN1CCC(c2ccc(C(=O)Nc3ccccc3N)cc2)CC1. The van der Waals surface area contributed by atoms with Crippen LogP contribution in [0.2, 0.25) is 0 Å². The molecule has 4 rings (SSSR count). The molecule has 9 nitrogen and oxygen atoms in total. The zero-order chi connectivity index (χ0) is 24.1. The van der Waals surface area contributed by atoms with Crippen LogP contribution in [0.15, 0.2) is 48.5 Å². The molecule has 0 atom stereocenters. The third kappa shape index (κ3) is 4.94. The minimum atomic E-state index is -0.151. The van der Waals surface area contributed by atoms with Crippen LogP contribution in [0.5, 0.6) is 0 Å². The van der Waals surface area contributed by atoms with Crippen molar-refractivity contribution in [2.45, 2.75) is 25.3 Å². The number of hydrogen-bond acceptors (Lipinski definition) is 7. The van der Waals surface area contributed by atoms with E-state index in [2.05, 4.69) is 43.5 Å². The van der Waals surface area contributed by atoms with Crippen LogP contribution in [-0.4, -0.2) is 54.9 Å². The van der Waals surface area contributed by atoms with Crippen molar-refractivity contribution in [3.8, 4) is 0 Å². The lowest BCUT2D eigenvalue weighted by atomic mass is 9.89. The molecule has 9 heteroatoms. The van der Waals surface area contributed by atoms with Crippen molar-refractivity contribution in [3.63, 3.8) is 0 Å². The number of aromatic nitrogens is 2. The number of hydrogen-bond donors (Lipinski definition) is 5. The predicted octanol–water partition coefficient (Wildman–Crippen LogP) is 3.35. The fraction of sp³-hybridized carbons (Fsp3) is 0.360. The normalized spacial score (nSPS) is 14.6. The Balaban J connectivity index is 1.35. The first-order valence-electron chi connectivity index (χ1n) is 11.7. The summed E-state index contributed by atoms with van der Waals surface area (Å²) < 4.78 is 0. The Labute approximate surface area is 200 Å². The molecule has 180 valence electrons. The van der Waals surface area contributed by atoms with E-state index >= 15 is 0 Å². The number of nitrogens with one attached hydrogen (secondary N) is 4. The highest BCUT2D eigenvalue weighted by Gasteiger charge is 2.24. The van der Waals surface area contributed by atoms with Gasteiger partial charge >= 0.3 is 0 Å². The van der Waals surface area contributed by atoms with Gasteiger partial charge in [0.25, 0.3) is 5.91 Å². The van der Waals surface area contributed by atoms with E-state index in [0.717, 1.165) is 49.7 Å². The summed E-state index contributed by atoms with van der Waals surface area (Å²) in [6, 6.07) is 15.3. The fourth-order valence-corrected chi connectivity index (χ4v) is 4.58. The summed E-state index contributed by atoms with van der Waals surface area (Å²) in [7, 11) is 5.67. The second-order valence-corrected chi connectivity index (χ2v) is 8.52. The summed E-state index contributed by atoms with van der Waals surface area (Å²) in [5, 5.41) is 13.9. The number of nitrogens with two attached hydrogens (primary N) is 1. The Bertz CT molecular complexity index is 1120. The summed E-state index contributed by atoms with van der Waals surface area (Å²) in [5.74, 6) is 2.19. The van der Waals surface area contributed by atoms with Gasteiger partial charge in [-0.2, -0.15) is 4.79 Å². The molecule has 0 bridgehead atoms. The molecule has 0 radical (unpaired) electrons. The van der Waals surface area contributed by atoms with Gasteiger partial charge in [-0.25, -0.2) is 0 Å². The van der Waals surface area contributed by atoms with Gasteiger partial charge in [-0.05, 0) is 61.7 Å². The lowest BCUT2D eigenvalue weighted by Gasteiger charge is -2.32. The number of carbonyl (C=O) groups is 1. The van der Waals surface area contributed by atoms with Crippen LogP contribution in [-0.2, 0) is 6.54 Å². The first-order valence-corrected chi connectivity index (χ1v) is 11.7. The van der Waals surface area contributed by atoms with Crippen molar-refractivity contribution in [1.29, 1.82) is 0 Å². The number of anilines is 4. The summed E-state index contributed by atoms with van der Waals surface area (Å²) in [4.78, 5) is 16.8. The van der Waals surface area contributed by atoms with Gasteiger partial charge in [0, 0.05) is 33.3 Å². The molecule has 0 aliphatic carbocycles. The number of nitrogen functional groups attached to an aromatic ring is 1. The van der Waals surface area contributed by atoms with Gasteiger partial charge in [0.15, 0.2) is 11.6 Å². The first-order chi connectivity index (χ1) is 16.5. The van der Waals surface area contributed by atoms with Crippen LogP contribution in [0.1, 0.15) is 40.2 Å². The molecule has 0 unspecified atom stereocenters. The molecule has 1 aliphatic heterocycles. The number of amides is 1. The van der Waals surface area contributed by atoms with Crippen LogP contribution in [0, 0.1) is 0 Å². The zero-order valence-corrected chi connectivity index (χ0v) is 20.1. The largest absolute Gasteiger partial charge is 0.397 e. The molecule has 3 aromatic rings. The number of benzene rings is 2. The van der Waals surface area contributed by atoms with E-state index in [1.807, 2.05) is 45.4 Å². The molecule has 34 heavy (non-hydrogen) atoms. The van der Waals surface area contributed by atoms with Gasteiger partial charge in [0.1, 0.15) is 0 Å². The van der Waals surface area contributed by atoms with E-state index in [9.17, 15) is 4.79 Å². The lowest BCUT2D eigenvalue weighted by molar-refractivity contribution is 0.102. The number of carbonyl (C=O) groups excluding carboxylic acids is 1. The van der Waals surface area contributed by atoms with E-state index in [1.54, 1.807) is 16.9 Å². The highest BCUT2D eigenvalue weighted by atomic mass is 16.1. The number of piperidine rings is 1. The molecule has 0 spiro atoms. The van der Waals surface area contributed by atoms with E-state index < -0.39 is 0 Å². The third-order valence-electron chi connectivity index (χ3n) is 6.49. The zero-order valence-electron chi connectivity index (χ0n) is 20.1. The van der Waals surface area contributed by atoms with Crippen molar-refractivity contribution in [3.05, 3.63) is 65.2 Å². The van der Waals surface area contributed by atoms with Crippen molar-refractivity contribution >= 4 is 28.9 Å². The van der Waals surface area contributed by atoms with Crippen molar-refractivity contribution in [2.75, 3.05) is 61.3 Å². The van der Waals surface area contributed by atoms with E-state index in [4.69, 9.17) is 5.73 Å². The van der Waals surface area contributed by atoms with Gasteiger partial charge in [-0.1, -0.05) is 24.3 Å². The molecule has 2 heterocycles. The molecule has 0 saturated carbocycles. The molecular weight excluding hydrogens is 428 g/mol. The third-order valence-corrected chi connectivity index (χ3v) is 6.49. The smallest absolute Gasteiger partial charge is 0.255 e. The van der Waals surface area contributed by atoms with Gasteiger partial charge < -0.3 is 27.1 Å². The van der Waals surface area contributed by atoms with E-state index in [-0.39, 0.29) is 5.91 Å². The lowest BCUT2D eigenvalue weighted by Crippen LogP contribution is -2.32. The maximum atomic E-state index is 12.6. The van der Waals surface area contributed by atoms with Gasteiger partial charge in [-0.15, -0.1) is 5.10 Å². The van der Waals surface area contributed by atoms with Crippen molar-refractivity contribution in [2.24, 2.45) is 0 Å². The highest BCUT2D eigenvalue weighted by molar-refractivity contribution is 6.05. The Kier molecular flexibility index (Phi) is 7.22. The molecule has 1 aliphatic rings. The maximum absolute atomic E-state index is 12.6. The minimum absolute atomic E-state index is 0.151. The summed E-state index contributed by atoms with van der Waals surface area (Å²) in [6.45, 7) is 2.86. The van der Waals surface area contributed by atoms with Gasteiger partial charge in [0.05, 0.1) is 16.9 Å². The molecule has 1 saturated heterocycles. The van der Waals surface area contributed by atoms with E-state index in [0.29, 0.717) is 22.9 Å². The van der Waals surface area contributed by atoms with Crippen LogP contribution in [0.4, 0.5) is 23.0 Å². The molecule has 1 fully saturated rings. The Morgan fingerprint density at radius 2 is 1.74 bits per heavy atom. The number of nitrogens with zero attached hydrogens (tertiary/aromatic N) is 3. The first kappa shape index (κ1) is 23.4. The van der Waals surface area contributed by atoms with Crippen molar-refractivity contribution in [1.82, 2.24) is 14.8 Å². The Morgan fingerprint density at radius 1 is 1.03 bits per heavy atom. The molecule has 1 amide bonds. The number of likely N-dealkylation sites (tertiary alicyclic amines) is 1. The number of rotatable bonds is 8. The van der Waals surface area contributed by atoms with E-state index in [1.165, 1.54) is 5.56 Å². The summed E-state index contributed by atoms with van der Waals surface area (Å²) in [5.41, 5.74) is 13.3. The quantitative estimate of drug-likeness (QED) is 0.326. The van der Waals surface area contributed by atoms with Crippen LogP contribution in [0.25, 0.3) is 0 Å². The van der Waals surface area contributed by atoms with Gasteiger partial charge in [0.2, 0.25) is 0 Å². The molecule has 2 aromatic carbocycles. The fourth-order valence-electron chi connectivity index (χ4n) is 4.58. The molecular formula is C25H34N8O. The molecule has 6 N–H and O–H groups in total. The highest BCUT2D eigenvalue weighted by Crippen LogP contribution is 2.31. The minimum Gasteiger partial charge on any atom is -0.397 e. The summed E-state index contributed by atoms with van der Waals surface area (Å²) in [6.07, 6.45) is 2.16. The van der Waals surface area contributed by atoms with Crippen LogP contribution < -0.4 is 27.1 Å². The average Bonchev–Trinajstić information content (AvgIpc) is 3.22. The molecule has 1 aromatic heterocycles. The van der Waals surface area contributed by atoms with Crippen LogP contribution >= 0.6 is 0 Å². The van der Waals surface area contributed by atoms with Gasteiger partial charge in [-0.3, -0.25) is 9.69 Å². The maximum Gasteiger partial charge on any atom is 0.255 e. The standard InChI is InChI=1S/C25H34N8O/c1-27-23-20(24(28-2)33(29-3)31-23)16-32-14-12-18(13-15-32)17-8-10-19(11-9-17)25(34)30-22-7-5-4-6-21(22)26/h4-11,18,28-29H,12-16,26H2,1-3H3,(H,27,31)(H,30,34). The average molecular weight is 463 g/mol. The predicted molar refractivity (Wildman–Crippen MR) is 139 cm³/mol.